The lowest BCUT2D eigenvalue weighted by atomic mass is 10.5. The van der Waals surface area contributed by atoms with E-state index < -0.39 is 5.69 Å². The van der Waals surface area contributed by atoms with Crippen molar-refractivity contribution in [2.45, 2.75) is 0 Å². The van der Waals surface area contributed by atoms with Gasteiger partial charge < -0.3 is 0 Å². The number of aromatic nitrogens is 5. The van der Waals surface area contributed by atoms with Crippen LogP contribution in [0.2, 0.25) is 0 Å². The highest BCUT2D eigenvalue weighted by molar-refractivity contribution is 5.80. The number of imidazole rings is 1. The fraction of sp³-hybridized carbons (Fsp3) is 0. The Morgan fingerprint density at radius 2 is 2.42 bits per heavy atom. The van der Waals surface area contributed by atoms with Crippen LogP contribution in [-0.4, -0.2) is 31.1 Å². The van der Waals surface area contributed by atoms with E-state index in [4.69, 9.17) is 0 Å². The molecule has 0 saturated carbocycles. The molecular weight excluding hydrogens is 162 g/mol. The third kappa shape index (κ3) is 0.729. The normalized spacial score (nSPS) is 10.3. The molecule has 7 nitrogen and oxygen atoms in total. The first-order valence-corrected chi connectivity index (χ1v) is 3.06. The number of rotatable bonds is 1. The van der Waals surface area contributed by atoms with Crippen LogP contribution in [0.4, 0.5) is 0 Å². The number of H-pyrrole nitrogens is 1. The predicted octanol–water partition coefficient (Wildman–Crippen LogP) is -1.37. The molecule has 2 rings (SSSR count). The minimum Gasteiger partial charge on any atom is -0.296 e. The van der Waals surface area contributed by atoms with E-state index in [0.29, 0.717) is 6.29 Å². The lowest BCUT2D eigenvalue weighted by molar-refractivity contribution is 0.112. The molecule has 2 aromatic rings. The van der Waals surface area contributed by atoms with Crippen LogP contribution in [0.1, 0.15) is 10.5 Å². The maximum atomic E-state index is 11.0. The fourth-order valence-electron chi connectivity index (χ4n) is 0.856. The molecule has 0 bridgehead atoms. The van der Waals surface area contributed by atoms with Crippen molar-refractivity contribution in [2.75, 3.05) is 0 Å². The SMILES string of the molecule is O=Cc1ncn2c(=O)[nH]nnc12. The van der Waals surface area contributed by atoms with Gasteiger partial charge in [-0.25, -0.2) is 19.3 Å². The molecule has 0 atom stereocenters. The number of fused-ring (bicyclic) bond motifs is 1. The van der Waals surface area contributed by atoms with Crippen molar-refractivity contribution in [1.29, 1.82) is 0 Å². The molecule has 0 aliphatic heterocycles. The zero-order valence-corrected chi connectivity index (χ0v) is 5.76. The summed E-state index contributed by atoms with van der Waals surface area (Å²) < 4.78 is 1.11. The Hall–Kier alpha value is -2.05. The second-order valence-corrected chi connectivity index (χ2v) is 2.06. The Kier molecular flexibility index (Phi) is 1.23. The number of nitrogens with zero attached hydrogens (tertiary/aromatic N) is 4. The van der Waals surface area contributed by atoms with Gasteiger partial charge in [-0.05, 0) is 0 Å². The van der Waals surface area contributed by atoms with Gasteiger partial charge in [0.05, 0.1) is 0 Å². The first-order valence-electron chi connectivity index (χ1n) is 3.06. The molecule has 7 heteroatoms. The summed E-state index contributed by atoms with van der Waals surface area (Å²) >= 11 is 0. The van der Waals surface area contributed by atoms with E-state index >= 15 is 0 Å². The average molecular weight is 165 g/mol. The van der Waals surface area contributed by atoms with Gasteiger partial charge in [0.1, 0.15) is 12.0 Å². The summed E-state index contributed by atoms with van der Waals surface area (Å²) in [5.41, 5.74) is -0.206. The van der Waals surface area contributed by atoms with Gasteiger partial charge in [0.25, 0.3) is 0 Å². The lowest BCUT2D eigenvalue weighted by Crippen LogP contribution is -2.18. The molecule has 1 N–H and O–H groups in total. The van der Waals surface area contributed by atoms with Gasteiger partial charge in [0, 0.05) is 0 Å². The Balaban J connectivity index is 2.98. The number of aldehydes is 1. The van der Waals surface area contributed by atoms with E-state index in [9.17, 15) is 9.59 Å². The Morgan fingerprint density at radius 1 is 1.58 bits per heavy atom. The fourth-order valence-corrected chi connectivity index (χ4v) is 0.856. The molecule has 12 heavy (non-hydrogen) atoms. The van der Waals surface area contributed by atoms with Crippen LogP contribution in [0.3, 0.4) is 0 Å². The van der Waals surface area contributed by atoms with E-state index in [-0.39, 0.29) is 11.3 Å². The molecule has 0 unspecified atom stereocenters. The topological polar surface area (TPSA) is 93.0 Å². The first kappa shape index (κ1) is 6.65. The highest BCUT2D eigenvalue weighted by Crippen LogP contribution is 1.96. The number of hydrogen-bond acceptors (Lipinski definition) is 5. The average Bonchev–Trinajstić information content (AvgIpc) is 2.49. The summed E-state index contributed by atoms with van der Waals surface area (Å²) in [4.78, 5) is 24.9. The molecule has 0 amide bonds. The molecule has 0 saturated heterocycles. The van der Waals surface area contributed by atoms with Crippen LogP contribution < -0.4 is 5.69 Å². The number of nitrogens with one attached hydrogen (secondary N) is 1. The van der Waals surface area contributed by atoms with Gasteiger partial charge in [0.15, 0.2) is 11.9 Å². The molecule has 0 radical (unpaired) electrons. The van der Waals surface area contributed by atoms with Crippen molar-refractivity contribution in [2.24, 2.45) is 0 Å². The van der Waals surface area contributed by atoms with E-state index in [1.807, 2.05) is 0 Å². The first-order chi connectivity index (χ1) is 5.83. The van der Waals surface area contributed by atoms with Crippen LogP contribution >= 0.6 is 0 Å². The highest BCUT2D eigenvalue weighted by atomic mass is 16.1. The smallest absolute Gasteiger partial charge is 0.296 e. The van der Waals surface area contributed by atoms with Gasteiger partial charge >= 0.3 is 5.69 Å². The second-order valence-electron chi connectivity index (χ2n) is 2.06. The predicted molar refractivity (Wildman–Crippen MR) is 36.8 cm³/mol. The molecular formula is C5H3N5O2. The zero-order valence-electron chi connectivity index (χ0n) is 5.76. The quantitative estimate of drug-likeness (QED) is 0.526. The van der Waals surface area contributed by atoms with Gasteiger partial charge in [0.2, 0.25) is 0 Å². The van der Waals surface area contributed by atoms with Crippen molar-refractivity contribution < 1.29 is 4.79 Å². The minimum atomic E-state index is -0.472. The van der Waals surface area contributed by atoms with Crippen molar-refractivity contribution >= 4 is 11.9 Å². The van der Waals surface area contributed by atoms with Crippen LogP contribution in [0, 0.1) is 0 Å². The van der Waals surface area contributed by atoms with Gasteiger partial charge in [-0.1, -0.05) is 5.21 Å². The molecule has 2 aromatic heterocycles. The maximum absolute atomic E-state index is 11.0. The number of carbonyl (C=O) groups excluding carboxylic acids is 1. The third-order valence-electron chi connectivity index (χ3n) is 1.39. The van der Waals surface area contributed by atoms with Crippen molar-refractivity contribution in [3.8, 4) is 0 Å². The molecule has 0 aliphatic rings. The van der Waals surface area contributed by atoms with Crippen molar-refractivity contribution in [3.63, 3.8) is 0 Å². The number of carbonyl (C=O) groups is 1. The molecule has 0 aliphatic carbocycles. The molecule has 0 fully saturated rings. The number of aromatic amines is 1. The summed E-state index contributed by atoms with van der Waals surface area (Å²) in [6, 6.07) is 0. The standard InChI is InChI=1S/C5H3N5O2/c11-1-3-4-7-9-8-5(12)10(4)2-6-3/h1-2H,(H,7,8,12). The maximum Gasteiger partial charge on any atom is 0.350 e. The largest absolute Gasteiger partial charge is 0.350 e. The van der Waals surface area contributed by atoms with Crippen LogP contribution in [0.15, 0.2) is 11.1 Å². The third-order valence-corrected chi connectivity index (χ3v) is 1.39. The van der Waals surface area contributed by atoms with Gasteiger partial charge in [-0.3, -0.25) is 4.79 Å². The summed E-state index contributed by atoms with van der Waals surface area (Å²) in [6.45, 7) is 0. The van der Waals surface area contributed by atoms with Crippen LogP contribution in [-0.2, 0) is 0 Å². The number of hydrogen-bond donors (Lipinski definition) is 1. The van der Waals surface area contributed by atoms with Crippen molar-refractivity contribution in [1.82, 2.24) is 24.8 Å². The lowest BCUT2D eigenvalue weighted by Gasteiger charge is -1.86. The Labute approximate surface area is 65.1 Å². The van der Waals surface area contributed by atoms with Crippen LogP contribution in [0.25, 0.3) is 5.65 Å². The van der Waals surface area contributed by atoms with E-state index in [2.05, 4.69) is 20.4 Å². The van der Waals surface area contributed by atoms with E-state index in [1.165, 1.54) is 6.33 Å². The monoisotopic (exact) mass is 165 g/mol. The van der Waals surface area contributed by atoms with Crippen molar-refractivity contribution in [3.05, 3.63) is 22.5 Å². The summed E-state index contributed by atoms with van der Waals surface area (Å²) in [5.74, 6) is 0. The Bertz CT molecular complexity index is 484. The molecule has 0 aromatic carbocycles. The highest BCUT2D eigenvalue weighted by Gasteiger charge is 2.05. The summed E-state index contributed by atoms with van der Waals surface area (Å²) in [5, 5.41) is 8.92. The molecule has 60 valence electrons. The Morgan fingerprint density at radius 3 is 3.17 bits per heavy atom. The van der Waals surface area contributed by atoms with Gasteiger partial charge in [-0.2, -0.15) is 0 Å². The second kappa shape index (κ2) is 2.22. The summed E-state index contributed by atoms with van der Waals surface area (Å²) in [6.07, 6.45) is 1.73. The zero-order chi connectivity index (χ0) is 8.55. The van der Waals surface area contributed by atoms with Crippen LogP contribution in [0.5, 0.6) is 0 Å². The van der Waals surface area contributed by atoms with E-state index in [0.717, 1.165) is 4.40 Å². The van der Waals surface area contributed by atoms with Gasteiger partial charge in [-0.15, -0.1) is 5.10 Å². The molecule has 2 heterocycles. The summed E-state index contributed by atoms with van der Waals surface area (Å²) in [7, 11) is 0. The minimum absolute atomic E-state index is 0.105. The van der Waals surface area contributed by atoms with E-state index in [1.54, 1.807) is 0 Å². The molecule has 0 spiro atoms.